The Morgan fingerprint density at radius 2 is 2.06 bits per heavy atom. The van der Waals surface area contributed by atoms with E-state index in [4.69, 9.17) is 10.5 Å². The van der Waals surface area contributed by atoms with Gasteiger partial charge in [0.25, 0.3) is 0 Å². The van der Waals surface area contributed by atoms with E-state index in [2.05, 4.69) is 30.9 Å². The summed E-state index contributed by atoms with van der Waals surface area (Å²) >= 11 is 0. The van der Waals surface area contributed by atoms with Gasteiger partial charge < -0.3 is 10.5 Å². The van der Waals surface area contributed by atoms with E-state index in [1.807, 2.05) is 4.68 Å². The second-order valence-corrected chi connectivity index (χ2v) is 4.46. The van der Waals surface area contributed by atoms with Crippen molar-refractivity contribution in [2.45, 2.75) is 58.7 Å². The third-order valence-electron chi connectivity index (χ3n) is 3.16. The Hall–Kier alpha value is -0.940. The van der Waals surface area contributed by atoms with Gasteiger partial charge in [0.1, 0.15) is 12.9 Å². The molecule has 2 N–H and O–H groups in total. The van der Waals surface area contributed by atoms with E-state index in [1.54, 1.807) is 6.33 Å². The van der Waals surface area contributed by atoms with Gasteiger partial charge in [-0.05, 0) is 19.3 Å². The second-order valence-electron chi connectivity index (χ2n) is 4.46. The molecule has 5 heteroatoms. The molecule has 0 aromatic carbocycles. The molecule has 0 radical (unpaired) electrons. The maximum absolute atomic E-state index is 6.16. The van der Waals surface area contributed by atoms with Gasteiger partial charge in [0.05, 0.1) is 6.61 Å². The molecule has 0 unspecified atom stereocenters. The van der Waals surface area contributed by atoms with Crippen molar-refractivity contribution in [2.75, 3.05) is 6.61 Å². The molecular weight excluding hydrogens is 216 g/mol. The maximum atomic E-state index is 6.16. The van der Waals surface area contributed by atoms with E-state index in [0.29, 0.717) is 13.2 Å². The summed E-state index contributed by atoms with van der Waals surface area (Å²) in [6.45, 7) is 8.23. The van der Waals surface area contributed by atoms with Gasteiger partial charge in [-0.1, -0.05) is 20.8 Å². The van der Waals surface area contributed by atoms with Crippen molar-refractivity contribution in [2.24, 2.45) is 5.73 Å². The predicted octanol–water partition coefficient (Wildman–Crippen LogP) is 1.72. The highest BCUT2D eigenvalue weighted by Gasteiger charge is 2.20. The molecule has 17 heavy (non-hydrogen) atoms. The first-order valence-electron chi connectivity index (χ1n) is 6.38. The Morgan fingerprint density at radius 1 is 1.35 bits per heavy atom. The topological polar surface area (TPSA) is 66.0 Å². The Bertz CT molecular complexity index is 320. The van der Waals surface area contributed by atoms with Gasteiger partial charge >= 0.3 is 0 Å². The second kappa shape index (κ2) is 6.71. The zero-order valence-corrected chi connectivity index (χ0v) is 11.1. The highest BCUT2D eigenvalue weighted by atomic mass is 16.5. The zero-order valence-electron chi connectivity index (χ0n) is 11.1. The highest BCUT2D eigenvalue weighted by molar-refractivity contribution is 4.84. The van der Waals surface area contributed by atoms with Crippen LogP contribution in [0.1, 0.15) is 45.9 Å². The number of hydrogen-bond acceptors (Lipinski definition) is 4. The molecule has 0 aliphatic carbocycles. The number of aryl methyl sites for hydroxylation is 1. The monoisotopic (exact) mass is 240 g/mol. The largest absolute Gasteiger partial charge is 0.372 e. The number of nitrogens with zero attached hydrogens (tertiary/aromatic N) is 3. The lowest BCUT2D eigenvalue weighted by molar-refractivity contribution is 0.0635. The van der Waals surface area contributed by atoms with Crippen molar-refractivity contribution >= 4 is 0 Å². The van der Waals surface area contributed by atoms with Gasteiger partial charge in [-0.25, -0.2) is 9.67 Å². The van der Waals surface area contributed by atoms with Gasteiger partial charge in [0.15, 0.2) is 5.82 Å². The van der Waals surface area contributed by atoms with Gasteiger partial charge in [-0.3, -0.25) is 0 Å². The van der Waals surface area contributed by atoms with Gasteiger partial charge in [0, 0.05) is 12.1 Å². The van der Waals surface area contributed by atoms with Crippen LogP contribution >= 0.6 is 0 Å². The Balaban J connectivity index is 2.42. The summed E-state index contributed by atoms with van der Waals surface area (Å²) < 4.78 is 7.55. The first-order chi connectivity index (χ1) is 8.15. The molecule has 0 amide bonds. The minimum Gasteiger partial charge on any atom is -0.372 e. The van der Waals surface area contributed by atoms with E-state index >= 15 is 0 Å². The van der Waals surface area contributed by atoms with Gasteiger partial charge in [-0.15, -0.1) is 0 Å². The number of aromatic nitrogens is 3. The van der Waals surface area contributed by atoms with Crippen LogP contribution in [0.4, 0.5) is 0 Å². The molecule has 1 aromatic heterocycles. The van der Waals surface area contributed by atoms with Crippen LogP contribution in [0.3, 0.4) is 0 Å². The highest BCUT2D eigenvalue weighted by Crippen LogP contribution is 2.12. The van der Waals surface area contributed by atoms with Crippen LogP contribution in [-0.4, -0.2) is 26.9 Å². The Labute approximate surface area is 103 Å². The molecule has 0 fully saturated rings. The molecular formula is C12H24N4O. The van der Waals surface area contributed by atoms with Crippen LogP contribution < -0.4 is 5.73 Å². The Morgan fingerprint density at radius 3 is 2.65 bits per heavy atom. The first-order valence-corrected chi connectivity index (χ1v) is 6.38. The average Bonchev–Trinajstić information content (AvgIpc) is 2.77. The lowest BCUT2D eigenvalue weighted by atomic mass is 9.96. The summed E-state index contributed by atoms with van der Waals surface area (Å²) in [6.07, 6.45) is 4.46. The fraction of sp³-hybridized carbons (Fsp3) is 0.833. The minimum atomic E-state index is -0.213. The van der Waals surface area contributed by atoms with Crippen molar-refractivity contribution in [3.8, 4) is 0 Å². The smallest absolute Gasteiger partial charge is 0.152 e. The Kier molecular flexibility index (Phi) is 5.58. The molecule has 1 aromatic rings. The van der Waals surface area contributed by atoms with Gasteiger partial charge in [0.2, 0.25) is 0 Å². The third-order valence-corrected chi connectivity index (χ3v) is 3.16. The summed E-state index contributed by atoms with van der Waals surface area (Å²) in [7, 11) is 0. The molecule has 0 aliphatic rings. The zero-order chi connectivity index (χ0) is 12.7. The lowest BCUT2D eigenvalue weighted by Crippen LogP contribution is -2.43. The quantitative estimate of drug-likeness (QED) is 0.751. The summed E-state index contributed by atoms with van der Waals surface area (Å²) in [6, 6.07) is 0. The lowest BCUT2D eigenvalue weighted by Gasteiger charge is -2.26. The predicted molar refractivity (Wildman–Crippen MR) is 67.5 cm³/mol. The molecule has 1 heterocycles. The van der Waals surface area contributed by atoms with Crippen molar-refractivity contribution in [3.05, 3.63) is 12.2 Å². The molecule has 5 nitrogen and oxygen atoms in total. The minimum absolute atomic E-state index is 0.213. The van der Waals surface area contributed by atoms with E-state index in [9.17, 15) is 0 Å². The van der Waals surface area contributed by atoms with Crippen LogP contribution in [0, 0.1) is 0 Å². The van der Waals surface area contributed by atoms with E-state index in [1.165, 1.54) is 0 Å². The van der Waals surface area contributed by atoms with Gasteiger partial charge in [-0.2, -0.15) is 5.10 Å². The van der Waals surface area contributed by atoms with Crippen LogP contribution in [0.5, 0.6) is 0 Å². The molecule has 0 saturated carbocycles. The van der Waals surface area contributed by atoms with Crippen LogP contribution in [0.2, 0.25) is 0 Å². The van der Waals surface area contributed by atoms with Crippen molar-refractivity contribution in [1.29, 1.82) is 0 Å². The van der Waals surface area contributed by atoms with E-state index in [-0.39, 0.29) is 5.54 Å². The molecule has 1 rings (SSSR count). The number of rotatable bonds is 8. The molecule has 0 bridgehead atoms. The van der Waals surface area contributed by atoms with Crippen molar-refractivity contribution in [3.63, 3.8) is 0 Å². The first kappa shape index (κ1) is 14.1. The SMILES string of the molecule is CCCn1ncnc1COCC(N)(CC)CC. The van der Waals surface area contributed by atoms with E-state index < -0.39 is 0 Å². The normalized spacial score (nSPS) is 12.0. The number of hydrogen-bond donors (Lipinski definition) is 1. The molecule has 0 saturated heterocycles. The molecule has 0 spiro atoms. The van der Waals surface area contributed by atoms with Crippen molar-refractivity contribution < 1.29 is 4.74 Å². The standard InChI is InChI=1S/C12H24N4O/c1-4-7-16-11(14-10-15-16)8-17-9-12(13,5-2)6-3/h10H,4-9,13H2,1-3H3. The summed E-state index contributed by atoms with van der Waals surface area (Å²) in [5.74, 6) is 0.876. The summed E-state index contributed by atoms with van der Waals surface area (Å²) in [5.41, 5.74) is 5.95. The molecule has 0 atom stereocenters. The average molecular weight is 240 g/mol. The number of nitrogens with two attached hydrogens (primary N) is 1. The molecule has 98 valence electrons. The van der Waals surface area contributed by atoms with Crippen molar-refractivity contribution in [1.82, 2.24) is 14.8 Å². The number of ether oxygens (including phenoxy) is 1. The van der Waals surface area contributed by atoms with E-state index in [0.717, 1.165) is 31.6 Å². The van der Waals surface area contributed by atoms with Crippen LogP contribution in [-0.2, 0) is 17.9 Å². The summed E-state index contributed by atoms with van der Waals surface area (Å²) in [4.78, 5) is 4.19. The fourth-order valence-corrected chi connectivity index (χ4v) is 1.60. The fourth-order valence-electron chi connectivity index (χ4n) is 1.60. The molecule has 0 aliphatic heterocycles. The van der Waals surface area contributed by atoms with Crippen LogP contribution in [0.15, 0.2) is 6.33 Å². The van der Waals surface area contributed by atoms with Crippen LogP contribution in [0.25, 0.3) is 0 Å². The summed E-state index contributed by atoms with van der Waals surface area (Å²) in [5, 5.41) is 4.16. The third kappa shape index (κ3) is 4.09. The maximum Gasteiger partial charge on any atom is 0.152 e.